The zero-order chi connectivity index (χ0) is 13.0. The van der Waals surface area contributed by atoms with Crippen LogP contribution in [0.25, 0.3) is 11.3 Å². The largest absolute Gasteiger partial charge is 0.477 e. The van der Waals surface area contributed by atoms with Crippen LogP contribution in [0, 0.1) is 0 Å². The fraction of sp³-hybridized carbons (Fsp3) is 0.154. The number of rotatable bonds is 5. The van der Waals surface area contributed by atoms with E-state index in [1.807, 2.05) is 12.3 Å². The highest BCUT2D eigenvalue weighted by molar-refractivity contribution is 5.86. The Labute approximate surface area is 104 Å². The van der Waals surface area contributed by atoms with Crippen LogP contribution in [0.5, 0.6) is 0 Å². The van der Waals surface area contributed by atoms with E-state index in [0.717, 1.165) is 18.5 Å². The maximum Gasteiger partial charge on any atom is 0.354 e. The van der Waals surface area contributed by atoms with Gasteiger partial charge in [0, 0.05) is 18.3 Å². The molecule has 0 aliphatic rings. The van der Waals surface area contributed by atoms with Crippen LogP contribution in [0.4, 0.5) is 0 Å². The molecule has 0 radical (unpaired) electrons. The number of hydrogen-bond acceptors (Lipinski definition) is 3. The van der Waals surface area contributed by atoms with Gasteiger partial charge in [0.25, 0.3) is 0 Å². The van der Waals surface area contributed by atoms with Gasteiger partial charge in [-0.15, -0.1) is 6.58 Å². The van der Waals surface area contributed by atoms with Gasteiger partial charge in [0.15, 0.2) is 0 Å². The fourth-order valence-electron chi connectivity index (χ4n) is 1.56. The van der Waals surface area contributed by atoms with E-state index in [-0.39, 0.29) is 5.69 Å². The van der Waals surface area contributed by atoms with Crippen molar-refractivity contribution in [3.05, 3.63) is 48.9 Å². The van der Waals surface area contributed by atoms with Crippen LogP contribution in [0.3, 0.4) is 0 Å². The second-order valence-corrected chi connectivity index (χ2v) is 3.78. The summed E-state index contributed by atoms with van der Waals surface area (Å²) in [5.74, 6) is -1.03. The molecule has 0 atom stereocenters. The minimum absolute atomic E-state index is 0.0336. The fourth-order valence-corrected chi connectivity index (χ4v) is 1.56. The van der Waals surface area contributed by atoms with E-state index in [1.54, 1.807) is 23.0 Å². The van der Waals surface area contributed by atoms with E-state index < -0.39 is 5.97 Å². The number of pyridine rings is 1. The average Bonchev–Trinajstić information content (AvgIpc) is 2.85. The monoisotopic (exact) mass is 243 g/mol. The molecule has 5 nitrogen and oxygen atoms in total. The minimum atomic E-state index is -1.03. The Kier molecular flexibility index (Phi) is 3.52. The van der Waals surface area contributed by atoms with E-state index in [9.17, 15) is 4.79 Å². The molecule has 0 saturated carbocycles. The van der Waals surface area contributed by atoms with Gasteiger partial charge in [-0.05, 0) is 18.6 Å². The van der Waals surface area contributed by atoms with Crippen molar-refractivity contribution in [2.24, 2.45) is 0 Å². The van der Waals surface area contributed by atoms with Crippen LogP contribution in [0.15, 0.2) is 43.2 Å². The Morgan fingerprint density at radius 1 is 1.50 bits per heavy atom. The average molecular weight is 243 g/mol. The Morgan fingerprint density at radius 3 is 3.06 bits per heavy atom. The zero-order valence-corrected chi connectivity index (χ0v) is 9.78. The molecule has 0 aromatic carbocycles. The third kappa shape index (κ3) is 2.63. The summed E-state index contributed by atoms with van der Waals surface area (Å²) < 4.78 is 1.78. The SMILES string of the molecule is C=CCCn1cc(-c2cccc(C(=O)O)n2)cn1. The maximum absolute atomic E-state index is 10.8. The van der Waals surface area contributed by atoms with Gasteiger partial charge in [-0.1, -0.05) is 12.1 Å². The first kappa shape index (κ1) is 12.0. The molecular formula is C13H13N3O2. The summed E-state index contributed by atoms with van der Waals surface area (Å²) in [6, 6.07) is 4.90. The molecule has 18 heavy (non-hydrogen) atoms. The van der Waals surface area contributed by atoms with Crippen LogP contribution in [-0.4, -0.2) is 25.8 Å². The first-order chi connectivity index (χ1) is 8.70. The molecule has 0 spiro atoms. The lowest BCUT2D eigenvalue weighted by atomic mass is 10.2. The number of allylic oxidation sites excluding steroid dienone is 1. The Hall–Kier alpha value is -2.43. The Morgan fingerprint density at radius 2 is 2.33 bits per heavy atom. The number of aryl methyl sites for hydroxylation is 1. The molecule has 2 aromatic rings. The van der Waals surface area contributed by atoms with Gasteiger partial charge < -0.3 is 5.11 Å². The summed E-state index contributed by atoms with van der Waals surface area (Å²) in [5.41, 5.74) is 1.45. The molecule has 0 fully saturated rings. The summed E-state index contributed by atoms with van der Waals surface area (Å²) in [6.07, 6.45) is 6.18. The number of aromatic nitrogens is 3. The molecule has 2 heterocycles. The van der Waals surface area contributed by atoms with Gasteiger partial charge in [-0.2, -0.15) is 5.10 Å². The number of carbonyl (C=O) groups is 1. The lowest BCUT2D eigenvalue weighted by Crippen LogP contribution is -2.00. The number of carboxylic acid groups (broad SMARTS) is 1. The van der Waals surface area contributed by atoms with Gasteiger partial charge in [0.1, 0.15) is 5.69 Å². The van der Waals surface area contributed by atoms with Crippen molar-refractivity contribution >= 4 is 5.97 Å². The molecule has 0 aliphatic heterocycles. The third-order valence-corrected chi connectivity index (χ3v) is 2.46. The van der Waals surface area contributed by atoms with Crippen molar-refractivity contribution in [3.8, 4) is 11.3 Å². The molecule has 0 unspecified atom stereocenters. The minimum Gasteiger partial charge on any atom is -0.477 e. The van der Waals surface area contributed by atoms with Gasteiger partial charge >= 0.3 is 5.97 Å². The van der Waals surface area contributed by atoms with Crippen LogP contribution in [0.1, 0.15) is 16.9 Å². The standard InChI is InChI=1S/C13H13N3O2/c1-2-3-7-16-9-10(8-14-16)11-5-4-6-12(15-11)13(17)18/h2,4-6,8-9H,1,3,7H2,(H,17,18). The predicted molar refractivity (Wildman–Crippen MR) is 67.2 cm³/mol. The molecule has 1 N–H and O–H groups in total. The quantitative estimate of drug-likeness (QED) is 0.817. The second-order valence-electron chi connectivity index (χ2n) is 3.78. The smallest absolute Gasteiger partial charge is 0.354 e. The van der Waals surface area contributed by atoms with Crippen molar-refractivity contribution < 1.29 is 9.90 Å². The highest BCUT2D eigenvalue weighted by Gasteiger charge is 2.08. The summed E-state index contributed by atoms with van der Waals surface area (Å²) in [7, 11) is 0. The van der Waals surface area contributed by atoms with E-state index in [1.165, 1.54) is 6.07 Å². The molecule has 0 bridgehead atoms. The highest BCUT2D eigenvalue weighted by atomic mass is 16.4. The Balaban J connectivity index is 2.25. The van der Waals surface area contributed by atoms with Crippen LogP contribution in [0.2, 0.25) is 0 Å². The molecule has 0 amide bonds. The van der Waals surface area contributed by atoms with E-state index in [2.05, 4.69) is 16.7 Å². The van der Waals surface area contributed by atoms with Crippen molar-refractivity contribution in [2.45, 2.75) is 13.0 Å². The second kappa shape index (κ2) is 5.27. The van der Waals surface area contributed by atoms with Crippen LogP contribution < -0.4 is 0 Å². The molecule has 0 aliphatic carbocycles. The van der Waals surface area contributed by atoms with Gasteiger partial charge in [0.2, 0.25) is 0 Å². The third-order valence-electron chi connectivity index (χ3n) is 2.46. The molecule has 2 rings (SSSR count). The van der Waals surface area contributed by atoms with Gasteiger partial charge in [-0.3, -0.25) is 4.68 Å². The summed E-state index contributed by atoms with van der Waals surface area (Å²) in [5, 5.41) is 13.1. The molecule has 2 aromatic heterocycles. The lowest BCUT2D eigenvalue weighted by molar-refractivity contribution is 0.0690. The van der Waals surface area contributed by atoms with E-state index >= 15 is 0 Å². The number of nitrogens with zero attached hydrogens (tertiary/aromatic N) is 3. The summed E-state index contributed by atoms with van der Waals surface area (Å²) in [4.78, 5) is 14.9. The van der Waals surface area contributed by atoms with Crippen LogP contribution in [-0.2, 0) is 6.54 Å². The van der Waals surface area contributed by atoms with E-state index in [0.29, 0.717) is 5.69 Å². The number of aromatic carboxylic acids is 1. The summed E-state index contributed by atoms with van der Waals surface area (Å²) >= 11 is 0. The molecule has 0 saturated heterocycles. The first-order valence-corrected chi connectivity index (χ1v) is 5.55. The first-order valence-electron chi connectivity index (χ1n) is 5.55. The van der Waals surface area contributed by atoms with Crippen molar-refractivity contribution in [2.75, 3.05) is 0 Å². The van der Waals surface area contributed by atoms with Gasteiger partial charge in [-0.25, -0.2) is 9.78 Å². The number of hydrogen-bond donors (Lipinski definition) is 1. The van der Waals surface area contributed by atoms with Gasteiger partial charge in [0.05, 0.1) is 11.9 Å². The lowest BCUT2D eigenvalue weighted by Gasteiger charge is -1.98. The molecule has 92 valence electrons. The van der Waals surface area contributed by atoms with Crippen molar-refractivity contribution in [1.29, 1.82) is 0 Å². The zero-order valence-electron chi connectivity index (χ0n) is 9.78. The van der Waals surface area contributed by atoms with Crippen molar-refractivity contribution in [3.63, 3.8) is 0 Å². The molecular weight excluding hydrogens is 230 g/mol. The maximum atomic E-state index is 10.8. The molecule has 5 heteroatoms. The Bertz CT molecular complexity index is 575. The predicted octanol–water partition coefficient (Wildman–Crippen LogP) is 2.22. The summed E-state index contributed by atoms with van der Waals surface area (Å²) in [6.45, 7) is 4.41. The normalized spacial score (nSPS) is 10.2. The van der Waals surface area contributed by atoms with Crippen LogP contribution >= 0.6 is 0 Å². The van der Waals surface area contributed by atoms with E-state index in [4.69, 9.17) is 5.11 Å². The number of carboxylic acids is 1. The topological polar surface area (TPSA) is 68.0 Å². The van der Waals surface area contributed by atoms with Crippen molar-refractivity contribution in [1.82, 2.24) is 14.8 Å². The highest BCUT2D eigenvalue weighted by Crippen LogP contribution is 2.16.